The van der Waals surface area contributed by atoms with Crippen molar-refractivity contribution in [1.82, 2.24) is 14.3 Å². The lowest BCUT2D eigenvalue weighted by Gasteiger charge is -2.36. The third-order valence-corrected chi connectivity index (χ3v) is 7.11. The molecule has 1 aliphatic rings. The Morgan fingerprint density at radius 3 is 2.89 bits per heavy atom. The molecule has 3 aromatic heterocycles. The van der Waals surface area contributed by atoms with Crippen molar-refractivity contribution in [2.45, 2.75) is 25.9 Å². The largest absolute Gasteiger partial charge is 0.286 e. The van der Waals surface area contributed by atoms with Crippen LogP contribution in [0.15, 0.2) is 58.0 Å². The zero-order valence-corrected chi connectivity index (χ0v) is 16.6. The molecule has 0 bridgehead atoms. The molecule has 0 amide bonds. The second kappa shape index (κ2) is 6.71. The van der Waals surface area contributed by atoms with Gasteiger partial charge in [0.1, 0.15) is 0 Å². The first-order valence-electron chi connectivity index (χ1n) is 9.03. The minimum absolute atomic E-state index is 0.0123. The highest BCUT2D eigenvalue weighted by Crippen LogP contribution is 2.38. The fourth-order valence-electron chi connectivity index (χ4n) is 3.95. The van der Waals surface area contributed by atoms with Gasteiger partial charge < -0.3 is 0 Å². The van der Waals surface area contributed by atoms with Gasteiger partial charge in [-0.3, -0.25) is 14.1 Å². The first-order chi connectivity index (χ1) is 13.2. The van der Waals surface area contributed by atoms with Crippen molar-refractivity contribution in [1.29, 1.82) is 0 Å². The molecule has 136 valence electrons. The maximum atomic E-state index is 12.5. The van der Waals surface area contributed by atoms with E-state index in [9.17, 15) is 4.79 Å². The monoisotopic (exact) mass is 393 g/mol. The van der Waals surface area contributed by atoms with Gasteiger partial charge in [0.2, 0.25) is 0 Å². The molecule has 5 rings (SSSR count). The lowest BCUT2D eigenvalue weighted by molar-refractivity contribution is 0.204. The number of benzene rings is 1. The maximum Gasteiger partial charge on any atom is 0.259 e. The normalized spacial score (nSPS) is 17.3. The summed E-state index contributed by atoms with van der Waals surface area (Å²) in [7, 11) is 0. The third-order valence-electron chi connectivity index (χ3n) is 5.17. The number of thiophene rings is 1. The fraction of sp³-hybridized carbons (Fsp3) is 0.238. The van der Waals surface area contributed by atoms with Gasteiger partial charge in [-0.15, -0.1) is 22.7 Å². The molecule has 6 heteroatoms. The summed E-state index contributed by atoms with van der Waals surface area (Å²) in [5.41, 5.74) is 4.49. The number of hydrogen-bond donors (Lipinski definition) is 0. The number of aromatic nitrogens is 2. The van der Waals surface area contributed by atoms with E-state index >= 15 is 0 Å². The molecule has 4 aromatic rings. The maximum absolute atomic E-state index is 12.5. The van der Waals surface area contributed by atoms with Crippen molar-refractivity contribution in [2.24, 2.45) is 0 Å². The summed E-state index contributed by atoms with van der Waals surface area (Å²) >= 11 is 3.37. The predicted octanol–water partition coefficient (Wildman–Crippen LogP) is 4.27. The topological polar surface area (TPSA) is 37.6 Å². The lowest BCUT2D eigenvalue weighted by Crippen LogP contribution is -2.35. The van der Waals surface area contributed by atoms with E-state index in [0.717, 1.165) is 29.3 Å². The first kappa shape index (κ1) is 16.9. The Morgan fingerprint density at radius 2 is 2.04 bits per heavy atom. The van der Waals surface area contributed by atoms with Gasteiger partial charge in [-0.2, -0.15) is 0 Å². The highest BCUT2D eigenvalue weighted by Gasteiger charge is 2.30. The van der Waals surface area contributed by atoms with Gasteiger partial charge in [-0.25, -0.2) is 4.98 Å². The third kappa shape index (κ3) is 2.94. The lowest BCUT2D eigenvalue weighted by atomic mass is 9.93. The van der Waals surface area contributed by atoms with Crippen LogP contribution in [-0.4, -0.2) is 20.8 Å². The molecule has 1 atom stereocenters. The van der Waals surface area contributed by atoms with E-state index in [1.807, 2.05) is 23.6 Å². The quantitative estimate of drug-likeness (QED) is 0.522. The molecule has 0 N–H and O–H groups in total. The van der Waals surface area contributed by atoms with Gasteiger partial charge >= 0.3 is 0 Å². The average molecular weight is 394 g/mol. The van der Waals surface area contributed by atoms with Gasteiger partial charge in [0, 0.05) is 35.1 Å². The summed E-state index contributed by atoms with van der Waals surface area (Å²) in [5.74, 6) is 0. The minimum atomic E-state index is 0.0123. The molecule has 0 spiro atoms. The van der Waals surface area contributed by atoms with Crippen LogP contribution in [0.4, 0.5) is 0 Å². The van der Waals surface area contributed by atoms with Crippen LogP contribution in [0.5, 0.6) is 0 Å². The summed E-state index contributed by atoms with van der Waals surface area (Å²) in [6.45, 7) is 3.59. The molecule has 4 heterocycles. The number of thiazole rings is 1. The molecule has 0 saturated heterocycles. The highest BCUT2D eigenvalue weighted by atomic mass is 32.1. The second-order valence-corrected chi connectivity index (χ2v) is 8.75. The standard InChI is InChI=1S/C21H19N3OS2/c1-14-13-27-21-22-16(11-19(25)24(14)21)12-23-9-7-18-17(8-10-26-18)20(23)15-5-3-2-4-6-15/h2-6,8,10-11,13,20H,7,9,12H2,1H3/t20-/m1/s1. The summed E-state index contributed by atoms with van der Waals surface area (Å²) < 4.78 is 1.69. The summed E-state index contributed by atoms with van der Waals surface area (Å²) in [6, 6.07) is 14.8. The summed E-state index contributed by atoms with van der Waals surface area (Å²) in [5, 5.41) is 4.17. The molecule has 1 aliphatic heterocycles. The van der Waals surface area contributed by atoms with Crippen LogP contribution < -0.4 is 5.56 Å². The highest BCUT2D eigenvalue weighted by molar-refractivity contribution is 7.15. The average Bonchev–Trinajstić information content (AvgIpc) is 3.29. The second-order valence-electron chi connectivity index (χ2n) is 6.91. The number of hydrogen-bond acceptors (Lipinski definition) is 5. The Kier molecular flexibility index (Phi) is 4.19. The van der Waals surface area contributed by atoms with Crippen molar-refractivity contribution in [2.75, 3.05) is 6.54 Å². The van der Waals surface area contributed by atoms with Gasteiger partial charge in [0.25, 0.3) is 5.56 Å². The number of aryl methyl sites for hydroxylation is 1. The van der Waals surface area contributed by atoms with Gasteiger partial charge in [-0.1, -0.05) is 30.3 Å². The van der Waals surface area contributed by atoms with E-state index in [2.05, 4.69) is 46.7 Å². The molecule has 0 saturated carbocycles. The zero-order valence-electron chi connectivity index (χ0n) is 15.0. The van der Waals surface area contributed by atoms with E-state index in [-0.39, 0.29) is 11.6 Å². The van der Waals surface area contributed by atoms with Crippen LogP contribution in [0, 0.1) is 6.92 Å². The Balaban J connectivity index is 1.55. The van der Waals surface area contributed by atoms with Crippen molar-refractivity contribution in [3.63, 3.8) is 0 Å². The molecule has 0 radical (unpaired) electrons. The molecule has 1 aromatic carbocycles. The van der Waals surface area contributed by atoms with E-state index in [1.165, 1.54) is 27.3 Å². The molecule has 0 fully saturated rings. The van der Waals surface area contributed by atoms with Crippen molar-refractivity contribution < 1.29 is 0 Å². The van der Waals surface area contributed by atoms with E-state index in [0.29, 0.717) is 6.54 Å². The number of nitrogens with zero attached hydrogens (tertiary/aromatic N) is 3. The Labute approximate surface area is 165 Å². The number of fused-ring (bicyclic) bond motifs is 2. The molecular formula is C21H19N3OS2. The summed E-state index contributed by atoms with van der Waals surface area (Å²) in [4.78, 5) is 22.0. The van der Waals surface area contributed by atoms with Crippen LogP contribution in [0.2, 0.25) is 0 Å². The van der Waals surface area contributed by atoms with E-state index in [1.54, 1.807) is 10.5 Å². The van der Waals surface area contributed by atoms with Crippen LogP contribution in [-0.2, 0) is 13.0 Å². The zero-order chi connectivity index (χ0) is 18.4. The van der Waals surface area contributed by atoms with Crippen LogP contribution in [0.25, 0.3) is 4.96 Å². The Morgan fingerprint density at radius 1 is 1.19 bits per heavy atom. The Bertz CT molecular complexity index is 1160. The summed E-state index contributed by atoms with van der Waals surface area (Å²) in [6.07, 6.45) is 1.05. The SMILES string of the molecule is Cc1csc2nc(CN3CCc4sccc4[C@H]3c3ccccc3)cc(=O)n12. The predicted molar refractivity (Wildman–Crippen MR) is 111 cm³/mol. The van der Waals surface area contributed by atoms with Crippen LogP contribution in [0.1, 0.15) is 33.4 Å². The van der Waals surface area contributed by atoms with Gasteiger partial charge in [0.05, 0.1) is 11.7 Å². The van der Waals surface area contributed by atoms with Crippen molar-refractivity contribution >= 4 is 27.6 Å². The molecule has 0 aliphatic carbocycles. The van der Waals surface area contributed by atoms with Gasteiger partial charge in [-0.05, 0) is 35.9 Å². The molecule has 4 nitrogen and oxygen atoms in total. The molecular weight excluding hydrogens is 374 g/mol. The van der Waals surface area contributed by atoms with Crippen LogP contribution >= 0.6 is 22.7 Å². The Hall–Kier alpha value is -2.28. The van der Waals surface area contributed by atoms with Crippen molar-refractivity contribution in [3.05, 3.63) is 91.0 Å². The van der Waals surface area contributed by atoms with Crippen LogP contribution in [0.3, 0.4) is 0 Å². The fourth-order valence-corrected chi connectivity index (χ4v) is 5.75. The molecule has 27 heavy (non-hydrogen) atoms. The van der Waals surface area contributed by atoms with Crippen molar-refractivity contribution in [3.8, 4) is 0 Å². The van der Waals surface area contributed by atoms with E-state index < -0.39 is 0 Å². The minimum Gasteiger partial charge on any atom is -0.286 e. The van der Waals surface area contributed by atoms with Gasteiger partial charge in [0.15, 0.2) is 4.96 Å². The smallest absolute Gasteiger partial charge is 0.259 e. The molecule has 0 unspecified atom stereocenters. The number of rotatable bonds is 3. The van der Waals surface area contributed by atoms with E-state index in [4.69, 9.17) is 4.98 Å². The first-order valence-corrected chi connectivity index (χ1v) is 10.8.